The van der Waals surface area contributed by atoms with Gasteiger partial charge in [0.1, 0.15) is 35.5 Å². The fourth-order valence-electron chi connectivity index (χ4n) is 3.59. The fourth-order valence-corrected chi connectivity index (χ4v) is 4.71. The number of nitrogens with two attached hydrogens (primary N) is 1. The highest BCUT2D eigenvalue weighted by molar-refractivity contribution is 7.99. The molecular formula is C21H19F3N4O5S. The van der Waals surface area contributed by atoms with Crippen LogP contribution in [0.15, 0.2) is 47.5 Å². The van der Waals surface area contributed by atoms with Gasteiger partial charge in [-0.1, -0.05) is 23.0 Å². The first-order chi connectivity index (χ1) is 16.2. The van der Waals surface area contributed by atoms with Crippen molar-refractivity contribution >= 4 is 17.7 Å². The second-order valence-electron chi connectivity index (χ2n) is 7.54. The minimum Gasteiger partial charge on any atom is -0.394 e. The Balaban J connectivity index is 1.63. The fraction of sp³-hybridized carbons (Fsp3) is 0.286. The number of ether oxygens (including phenoxy) is 1. The average molecular weight is 496 g/mol. The van der Waals surface area contributed by atoms with E-state index in [4.69, 9.17) is 10.5 Å². The quantitative estimate of drug-likeness (QED) is 0.373. The number of halogens is 3. The van der Waals surface area contributed by atoms with Gasteiger partial charge in [-0.25, -0.2) is 17.9 Å². The molecule has 1 aliphatic heterocycles. The Kier molecular flexibility index (Phi) is 6.91. The van der Waals surface area contributed by atoms with Crippen molar-refractivity contribution < 1.29 is 38.0 Å². The van der Waals surface area contributed by atoms with E-state index in [1.165, 1.54) is 18.3 Å². The molecule has 1 aliphatic rings. The molecule has 3 aromatic rings. The summed E-state index contributed by atoms with van der Waals surface area (Å²) in [6.07, 6.45) is -2.71. The molecule has 13 heteroatoms. The van der Waals surface area contributed by atoms with Gasteiger partial charge in [-0.3, -0.25) is 4.79 Å². The Hall–Kier alpha value is -2.97. The first-order valence-corrected chi connectivity index (χ1v) is 10.8. The van der Waals surface area contributed by atoms with Crippen LogP contribution in [0.25, 0.3) is 11.3 Å². The smallest absolute Gasteiger partial charge is 0.248 e. The van der Waals surface area contributed by atoms with Crippen LogP contribution < -0.4 is 5.73 Å². The van der Waals surface area contributed by atoms with E-state index < -0.39 is 59.8 Å². The van der Waals surface area contributed by atoms with Crippen molar-refractivity contribution in [2.45, 2.75) is 34.7 Å². The van der Waals surface area contributed by atoms with Gasteiger partial charge in [0.25, 0.3) is 0 Å². The first kappa shape index (κ1) is 24.2. The molecule has 4 rings (SSSR count). The predicted molar refractivity (Wildman–Crippen MR) is 113 cm³/mol. The van der Waals surface area contributed by atoms with Crippen molar-refractivity contribution in [2.24, 2.45) is 5.73 Å². The maximum atomic E-state index is 13.6. The van der Waals surface area contributed by atoms with Gasteiger partial charge in [0.05, 0.1) is 12.8 Å². The van der Waals surface area contributed by atoms with Crippen LogP contribution in [0.1, 0.15) is 16.4 Å². The lowest BCUT2D eigenvalue weighted by molar-refractivity contribution is -0.178. The van der Waals surface area contributed by atoms with Crippen molar-refractivity contribution in [1.29, 1.82) is 0 Å². The number of amides is 1. The monoisotopic (exact) mass is 496 g/mol. The van der Waals surface area contributed by atoms with Crippen LogP contribution in [-0.2, 0) is 4.74 Å². The Labute approximate surface area is 195 Å². The number of hydrogen-bond acceptors (Lipinski definition) is 8. The highest BCUT2D eigenvalue weighted by Crippen LogP contribution is 2.38. The summed E-state index contributed by atoms with van der Waals surface area (Å²) < 4.78 is 47.2. The number of hydrogen-bond donors (Lipinski definition) is 4. The number of rotatable bonds is 6. The summed E-state index contributed by atoms with van der Waals surface area (Å²) in [5, 5.41) is 39.0. The van der Waals surface area contributed by atoms with E-state index in [2.05, 4.69) is 10.3 Å². The molecule has 1 saturated heterocycles. The third kappa shape index (κ3) is 4.65. The number of primary amides is 1. The predicted octanol–water partition coefficient (Wildman–Crippen LogP) is 1.23. The summed E-state index contributed by atoms with van der Waals surface area (Å²) in [5.41, 5.74) is 4.38. The van der Waals surface area contributed by atoms with Crippen molar-refractivity contribution in [3.05, 3.63) is 65.6 Å². The van der Waals surface area contributed by atoms with Gasteiger partial charge in [-0.15, -0.1) is 5.10 Å². The van der Waals surface area contributed by atoms with Gasteiger partial charge in [0, 0.05) is 16.0 Å². The molecule has 0 bridgehead atoms. The molecular weight excluding hydrogens is 477 g/mol. The number of nitrogens with zero attached hydrogens (tertiary/aromatic N) is 3. The minimum atomic E-state index is -1.63. The maximum Gasteiger partial charge on any atom is 0.248 e. The lowest BCUT2D eigenvalue weighted by Gasteiger charge is -2.41. The number of aliphatic hydroxyl groups is 3. The van der Waals surface area contributed by atoms with E-state index >= 15 is 0 Å². The van der Waals surface area contributed by atoms with E-state index in [0.717, 1.165) is 28.6 Å². The Morgan fingerprint density at radius 3 is 2.50 bits per heavy atom. The first-order valence-electron chi connectivity index (χ1n) is 9.95. The van der Waals surface area contributed by atoms with Gasteiger partial charge in [0.15, 0.2) is 17.5 Å². The SMILES string of the molecule is NC(=O)c1cccc(S[C@H]2OC(CO)[C@H](O)C(n3cc(-c4cc(F)c(F)c(F)c4)nn3)C2O)c1. The van der Waals surface area contributed by atoms with Crippen molar-refractivity contribution in [3.63, 3.8) is 0 Å². The normalized spacial score (nSPS) is 24.8. The Morgan fingerprint density at radius 1 is 1.15 bits per heavy atom. The van der Waals surface area contributed by atoms with E-state index in [0.29, 0.717) is 4.90 Å². The van der Waals surface area contributed by atoms with Crippen molar-refractivity contribution in [2.75, 3.05) is 6.61 Å². The zero-order valence-electron chi connectivity index (χ0n) is 17.3. The molecule has 0 radical (unpaired) electrons. The lowest BCUT2D eigenvalue weighted by Crippen LogP contribution is -2.55. The standard InChI is InChI=1S/C21H19F3N4O5S/c22-12-5-10(6-13(23)16(12)24)14-7-28(27-26-14)17-18(30)15(8-29)33-21(19(17)31)34-11-3-1-2-9(4-11)20(25)32/h1-7,15,17-19,21,29-31H,8H2,(H2,25,32)/t15?,17?,18-,19?,21+/m0/s1. The molecule has 34 heavy (non-hydrogen) atoms. The average Bonchev–Trinajstić information content (AvgIpc) is 3.29. The zero-order valence-corrected chi connectivity index (χ0v) is 18.1. The molecule has 5 atom stereocenters. The van der Waals surface area contributed by atoms with E-state index in [-0.39, 0.29) is 16.8 Å². The summed E-state index contributed by atoms with van der Waals surface area (Å²) in [6, 6.07) is 6.59. The second-order valence-corrected chi connectivity index (χ2v) is 8.72. The molecule has 1 aromatic heterocycles. The molecule has 2 aromatic carbocycles. The molecule has 2 heterocycles. The highest BCUT2D eigenvalue weighted by Gasteiger charge is 2.46. The Morgan fingerprint density at radius 2 is 1.85 bits per heavy atom. The summed E-state index contributed by atoms with van der Waals surface area (Å²) in [6.45, 7) is -0.585. The van der Waals surface area contributed by atoms with E-state index in [9.17, 15) is 33.3 Å². The summed E-state index contributed by atoms with van der Waals surface area (Å²) in [4.78, 5) is 12.0. The van der Waals surface area contributed by atoms with Gasteiger partial charge >= 0.3 is 0 Å². The van der Waals surface area contributed by atoms with Crippen molar-refractivity contribution in [3.8, 4) is 11.3 Å². The minimum absolute atomic E-state index is 0.0393. The number of thioether (sulfide) groups is 1. The van der Waals surface area contributed by atoms with Gasteiger partial charge < -0.3 is 25.8 Å². The van der Waals surface area contributed by atoms with Crippen LogP contribution in [0.2, 0.25) is 0 Å². The molecule has 1 fully saturated rings. The van der Waals surface area contributed by atoms with Crippen LogP contribution in [0.3, 0.4) is 0 Å². The molecule has 0 spiro atoms. The topological polar surface area (TPSA) is 144 Å². The molecule has 1 amide bonds. The van der Waals surface area contributed by atoms with Crippen LogP contribution in [0.5, 0.6) is 0 Å². The molecule has 9 nitrogen and oxygen atoms in total. The summed E-state index contributed by atoms with van der Waals surface area (Å²) in [5.74, 6) is -5.09. The zero-order chi connectivity index (χ0) is 24.6. The van der Waals surface area contributed by atoms with Crippen molar-refractivity contribution in [1.82, 2.24) is 15.0 Å². The molecule has 0 aliphatic carbocycles. The Bertz CT molecular complexity index is 1190. The number of carbonyl (C=O) groups is 1. The third-order valence-electron chi connectivity index (χ3n) is 5.31. The summed E-state index contributed by atoms with van der Waals surface area (Å²) in [7, 11) is 0. The number of aromatic nitrogens is 3. The van der Waals surface area contributed by atoms with Gasteiger partial charge in [0.2, 0.25) is 5.91 Å². The van der Waals surface area contributed by atoms with E-state index in [1.54, 1.807) is 12.1 Å². The highest BCUT2D eigenvalue weighted by atomic mass is 32.2. The number of benzene rings is 2. The molecule has 3 unspecified atom stereocenters. The number of aliphatic hydroxyl groups excluding tert-OH is 3. The second kappa shape index (κ2) is 9.72. The molecule has 0 saturated carbocycles. The third-order valence-corrected chi connectivity index (χ3v) is 6.46. The van der Waals surface area contributed by atoms with Crippen LogP contribution in [-0.4, -0.2) is 66.6 Å². The van der Waals surface area contributed by atoms with Gasteiger partial charge in [-0.05, 0) is 30.3 Å². The molecule has 180 valence electrons. The van der Waals surface area contributed by atoms with Crippen LogP contribution in [0.4, 0.5) is 13.2 Å². The van der Waals surface area contributed by atoms with Crippen LogP contribution in [0, 0.1) is 17.5 Å². The van der Waals surface area contributed by atoms with Gasteiger partial charge in [-0.2, -0.15) is 0 Å². The maximum absolute atomic E-state index is 13.6. The largest absolute Gasteiger partial charge is 0.394 e. The molecule has 5 N–H and O–H groups in total. The number of carbonyl (C=O) groups excluding carboxylic acids is 1. The van der Waals surface area contributed by atoms with Crippen LogP contribution >= 0.6 is 11.8 Å². The lowest BCUT2D eigenvalue weighted by atomic mass is 9.97. The summed E-state index contributed by atoms with van der Waals surface area (Å²) >= 11 is 1.03. The van der Waals surface area contributed by atoms with E-state index in [1.807, 2.05) is 0 Å².